The molecule has 1 aliphatic rings. The van der Waals surface area contributed by atoms with Gasteiger partial charge in [0.2, 0.25) is 6.04 Å². The van der Waals surface area contributed by atoms with Gasteiger partial charge in [0.25, 0.3) is 5.91 Å². The van der Waals surface area contributed by atoms with E-state index in [0.717, 1.165) is 11.4 Å². The van der Waals surface area contributed by atoms with Crippen molar-refractivity contribution in [3.63, 3.8) is 0 Å². The highest BCUT2D eigenvalue weighted by Crippen LogP contribution is 2.32. The number of hydrogen-bond donors (Lipinski definition) is 4. The molecule has 4 N–H and O–H groups in total. The zero-order valence-electron chi connectivity index (χ0n) is 15.8. The summed E-state index contributed by atoms with van der Waals surface area (Å²) in [6.07, 6.45) is 0. The summed E-state index contributed by atoms with van der Waals surface area (Å²) in [6, 6.07) is 10.7. The van der Waals surface area contributed by atoms with Crippen molar-refractivity contribution in [2.45, 2.75) is 13.0 Å². The summed E-state index contributed by atoms with van der Waals surface area (Å²) in [4.78, 5) is 24.6. The number of ketones is 1. The van der Waals surface area contributed by atoms with E-state index in [4.69, 9.17) is 9.84 Å². The molecule has 29 heavy (non-hydrogen) atoms. The molecular weight excluding hydrogens is 374 g/mol. The van der Waals surface area contributed by atoms with Crippen LogP contribution in [0.3, 0.4) is 0 Å². The number of aliphatic hydroxyl groups is 1. The second-order valence-corrected chi connectivity index (χ2v) is 6.25. The number of azo groups is 1. The third-order valence-electron chi connectivity index (χ3n) is 3.99. The van der Waals surface area contributed by atoms with E-state index in [1.165, 1.54) is 6.92 Å². The number of hydrogen-bond acceptors (Lipinski definition) is 8. The summed E-state index contributed by atoms with van der Waals surface area (Å²) in [5, 5.41) is 25.6. The Labute approximate surface area is 167 Å². The number of para-hydroxylation sites is 1. The van der Waals surface area contributed by atoms with Gasteiger partial charge in [-0.15, -0.1) is 0 Å². The first-order valence-electron chi connectivity index (χ1n) is 8.90. The van der Waals surface area contributed by atoms with Crippen molar-refractivity contribution >= 4 is 34.4 Å². The maximum Gasteiger partial charge on any atom is 0.258 e. The van der Waals surface area contributed by atoms with Crippen LogP contribution in [0.4, 0.5) is 22.7 Å². The largest absolute Gasteiger partial charge is 0.489 e. The Morgan fingerprint density at radius 1 is 1.21 bits per heavy atom. The normalized spacial score (nSPS) is 13.4. The lowest BCUT2D eigenvalue weighted by molar-refractivity contribution is -0.126. The zero-order valence-corrected chi connectivity index (χ0v) is 15.8. The minimum absolute atomic E-state index is 0.0940. The van der Waals surface area contributed by atoms with Gasteiger partial charge < -0.3 is 25.8 Å². The quantitative estimate of drug-likeness (QED) is 0.402. The minimum atomic E-state index is -1.31. The summed E-state index contributed by atoms with van der Waals surface area (Å²) in [5.74, 6) is -0.0134. The predicted molar refractivity (Wildman–Crippen MR) is 109 cm³/mol. The van der Waals surface area contributed by atoms with Gasteiger partial charge in [0.05, 0.1) is 18.0 Å². The first kappa shape index (κ1) is 20.0. The van der Waals surface area contributed by atoms with E-state index in [1.807, 2.05) is 0 Å². The van der Waals surface area contributed by atoms with Gasteiger partial charge in [-0.05, 0) is 37.3 Å². The molecule has 0 radical (unpaired) electrons. The van der Waals surface area contributed by atoms with E-state index in [-0.39, 0.29) is 13.2 Å². The number of benzene rings is 2. The fraction of sp³-hybridized carbons (Fsp3) is 0.200. The van der Waals surface area contributed by atoms with Crippen LogP contribution in [0.2, 0.25) is 0 Å². The molecule has 1 heterocycles. The number of nitrogens with one attached hydrogen (secondary N) is 3. The number of nitrogens with zero attached hydrogens (tertiary/aromatic N) is 2. The van der Waals surface area contributed by atoms with Crippen LogP contribution in [0.5, 0.6) is 5.75 Å². The minimum Gasteiger partial charge on any atom is -0.489 e. The highest BCUT2D eigenvalue weighted by Gasteiger charge is 2.24. The molecule has 9 heteroatoms. The van der Waals surface area contributed by atoms with E-state index >= 15 is 0 Å². The highest BCUT2D eigenvalue weighted by molar-refractivity contribution is 6.10. The third kappa shape index (κ3) is 4.96. The van der Waals surface area contributed by atoms with E-state index in [2.05, 4.69) is 32.8 Å². The molecule has 2 aromatic rings. The Bertz CT molecular complexity index is 973. The Morgan fingerprint density at radius 2 is 1.97 bits per heavy atom. The Kier molecular flexibility index (Phi) is 6.20. The van der Waals surface area contributed by atoms with Crippen LogP contribution in [-0.4, -0.2) is 36.1 Å². The maximum absolute atomic E-state index is 12.6. The van der Waals surface area contributed by atoms with Crippen molar-refractivity contribution in [1.29, 1.82) is 0 Å². The number of aliphatic hydroxyl groups excluding tert-OH is 1. The Balaban J connectivity index is 1.74. The van der Waals surface area contributed by atoms with Gasteiger partial charge in [0.1, 0.15) is 23.9 Å². The van der Waals surface area contributed by atoms with Crippen LogP contribution in [-0.2, 0) is 9.59 Å². The van der Waals surface area contributed by atoms with Gasteiger partial charge in [-0.1, -0.05) is 18.7 Å². The van der Waals surface area contributed by atoms with E-state index < -0.39 is 17.7 Å². The Hall–Kier alpha value is -3.72. The van der Waals surface area contributed by atoms with Gasteiger partial charge in [-0.3, -0.25) is 9.59 Å². The number of ether oxygens (including phenoxy) is 1. The lowest BCUT2D eigenvalue weighted by atomic mass is 10.2. The second kappa shape index (κ2) is 8.98. The van der Waals surface area contributed by atoms with Crippen LogP contribution >= 0.6 is 0 Å². The van der Waals surface area contributed by atoms with Crippen LogP contribution in [0.1, 0.15) is 6.92 Å². The van der Waals surface area contributed by atoms with E-state index in [1.54, 1.807) is 42.5 Å². The number of fused-ring (bicyclic) bond motifs is 1. The zero-order chi connectivity index (χ0) is 20.8. The summed E-state index contributed by atoms with van der Waals surface area (Å²) < 4.78 is 5.38. The average Bonchev–Trinajstić information content (AvgIpc) is 3.06. The van der Waals surface area contributed by atoms with Crippen molar-refractivity contribution in [2.75, 3.05) is 29.2 Å². The molecule has 9 nitrogen and oxygen atoms in total. The van der Waals surface area contributed by atoms with Gasteiger partial charge in [-0.2, -0.15) is 10.2 Å². The molecule has 0 fully saturated rings. The van der Waals surface area contributed by atoms with E-state index in [9.17, 15) is 9.59 Å². The molecule has 0 aromatic heterocycles. The molecule has 0 saturated carbocycles. The van der Waals surface area contributed by atoms with Crippen molar-refractivity contribution in [3.8, 4) is 5.75 Å². The fourth-order valence-corrected chi connectivity index (χ4v) is 2.66. The third-order valence-corrected chi connectivity index (χ3v) is 3.99. The highest BCUT2D eigenvalue weighted by atomic mass is 16.5. The van der Waals surface area contributed by atoms with Crippen molar-refractivity contribution in [2.24, 2.45) is 10.2 Å². The van der Waals surface area contributed by atoms with Gasteiger partial charge in [-0.25, -0.2) is 0 Å². The molecule has 1 amide bonds. The molecule has 0 saturated heterocycles. The molecule has 0 bridgehead atoms. The monoisotopic (exact) mass is 395 g/mol. The first-order chi connectivity index (χ1) is 14.0. The van der Waals surface area contributed by atoms with Crippen LogP contribution < -0.4 is 20.7 Å². The lowest BCUT2D eigenvalue weighted by Crippen LogP contribution is -2.31. The Morgan fingerprint density at radius 3 is 2.72 bits per heavy atom. The van der Waals surface area contributed by atoms with Crippen LogP contribution in [0.25, 0.3) is 0 Å². The number of carbonyl (C=O) groups is 2. The van der Waals surface area contributed by atoms with Crippen LogP contribution in [0.15, 0.2) is 65.1 Å². The van der Waals surface area contributed by atoms with Crippen molar-refractivity contribution < 1.29 is 19.4 Å². The van der Waals surface area contributed by atoms with Gasteiger partial charge >= 0.3 is 0 Å². The van der Waals surface area contributed by atoms with Crippen molar-refractivity contribution in [3.05, 3.63) is 54.9 Å². The number of Topliss-reactive ketones (excluding diaryl/α,β-unsaturated/α-hetero) is 1. The van der Waals surface area contributed by atoms with Crippen LogP contribution in [0, 0.1) is 0 Å². The predicted octanol–water partition coefficient (Wildman–Crippen LogP) is 3.05. The number of anilines is 3. The summed E-state index contributed by atoms with van der Waals surface area (Å²) in [5.41, 5.74) is 2.47. The van der Waals surface area contributed by atoms with Gasteiger partial charge in [0.15, 0.2) is 5.78 Å². The molecular formula is C20H21N5O4. The topological polar surface area (TPSA) is 124 Å². The molecule has 2 aromatic carbocycles. The smallest absolute Gasteiger partial charge is 0.258 e. The molecule has 3 rings (SSSR count). The van der Waals surface area contributed by atoms with Crippen molar-refractivity contribution in [1.82, 2.24) is 0 Å². The summed E-state index contributed by atoms with van der Waals surface area (Å²) in [6.45, 7) is 5.00. The average molecular weight is 395 g/mol. The molecule has 1 unspecified atom stereocenters. The number of carbonyl (C=O) groups excluding carboxylic acids is 2. The number of amides is 1. The molecule has 0 spiro atoms. The second-order valence-electron chi connectivity index (χ2n) is 6.25. The molecule has 1 atom stereocenters. The molecule has 0 aliphatic carbocycles. The van der Waals surface area contributed by atoms with Gasteiger partial charge in [0, 0.05) is 5.69 Å². The summed E-state index contributed by atoms with van der Waals surface area (Å²) in [7, 11) is 0. The van der Waals surface area contributed by atoms with E-state index in [0.29, 0.717) is 22.9 Å². The SMILES string of the molecule is C=C1Nc2ccc(NC(=O)C(N=Nc3ccccc3OCCO)C(C)=O)cc2N1. The standard InChI is InChI=1S/C20H21N5O4/c1-12(27)19(25-24-16-5-3-4-6-18(16)29-10-9-26)20(28)23-14-7-8-15-17(11-14)22-13(2)21-15/h3-8,11,19,21-22,26H,2,9-10H2,1H3,(H,23,28). The fourth-order valence-electron chi connectivity index (χ4n) is 2.66. The molecule has 1 aliphatic heterocycles. The lowest BCUT2D eigenvalue weighted by Gasteiger charge is -2.11. The number of rotatable bonds is 8. The first-order valence-corrected chi connectivity index (χ1v) is 8.90. The maximum atomic E-state index is 12.6. The summed E-state index contributed by atoms with van der Waals surface area (Å²) >= 11 is 0. The molecule has 150 valence electrons.